The van der Waals surface area contributed by atoms with E-state index in [2.05, 4.69) is 10.3 Å². The van der Waals surface area contributed by atoms with Gasteiger partial charge in [-0.2, -0.15) is 0 Å². The number of amides is 1. The van der Waals surface area contributed by atoms with E-state index in [4.69, 9.17) is 14.8 Å². The molecule has 1 heterocycles. The fraction of sp³-hybridized carbons (Fsp3) is 0.115. The number of benzene rings is 3. The lowest BCUT2D eigenvalue weighted by Gasteiger charge is -2.14. The maximum atomic E-state index is 12.5. The van der Waals surface area contributed by atoms with Crippen LogP contribution >= 0.6 is 0 Å². The quantitative estimate of drug-likeness (QED) is 0.331. The third kappa shape index (κ3) is 5.77. The van der Waals surface area contributed by atoms with Crippen molar-refractivity contribution in [1.29, 1.82) is 0 Å². The Hall–Kier alpha value is -4.79. The number of aliphatic carboxylic acids is 2. The maximum absolute atomic E-state index is 12.5. The van der Waals surface area contributed by atoms with Crippen molar-refractivity contribution in [2.75, 3.05) is 0 Å². The van der Waals surface area contributed by atoms with Crippen LogP contribution in [-0.4, -0.2) is 44.1 Å². The van der Waals surface area contributed by atoms with Crippen LogP contribution in [0.25, 0.3) is 22.3 Å². The monoisotopic (exact) mass is 471 g/mol. The summed E-state index contributed by atoms with van der Waals surface area (Å²) in [6.45, 7) is 0. The molecular weight excluding hydrogens is 450 g/mol. The molecule has 0 aliphatic heterocycles. The number of carbonyl (C=O) groups is 3. The van der Waals surface area contributed by atoms with E-state index in [1.165, 1.54) is 12.1 Å². The smallest absolute Gasteiger partial charge is 0.326 e. The van der Waals surface area contributed by atoms with Crippen LogP contribution < -0.4 is 10.1 Å². The number of nitrogens with zero attached hydrogens (tertiary/aromatic N) is 2. The molecule has 3 N–H and O–H groups in total. The molecule has 176 valence electrons. The minimum atomic E-state index is -1.31. The van der Waals surface area contributed by atoms with E-state index in [1.54, 1.807) is 12.1 Å². The van der Waals surface area contributed by atoms with E-state index < -0.39 is 23.9 Å². The summed E-state index contributed by atoms with van der Waals surface area (Å²) in [5.41, 5.74) is 2.99. The van der Waals surface area contributed by atoms with Gasteiger partial charge in [-0.3, -0.25) is 9.59 Å². The standard InChI is InChI=1S/C26H21N3O6/c30-22(31)15-14-21(26(33)34)28-24(32)17-10-12-18(13-11-17)35-25-23(16-6-2-1-3-7-16)27-19-8-4-5-9-20(19)29-25/h1-13,21H,14-15H2,(H,28,32)(H,30,31)(H,33,34). The summed E-state index contributed by atoms with van der Waals surface area (Å²) >= 11 is 0. The highest BCUT2D eigenvalue weighted by molar-refractivity contribution is 5.96. The molecule has 0 saturated heterocycles. The zero-order valence-corrected chi connectivity index (χ0v) is 18.4. The highest BCUT2D eigenvalue weighted by atomic mass is 16.5. The molecule has 35 heavy (non-hydrogen) atoms. The molecule has 0 aliphatic carbocycles. The molecule has 9 nitrogen and oxygen atoms in total. The maximum Gasteiger partial charge on any atom is 0.326 e. The van der Waals surface area contributed by atoms with E-state index in [0.29, 0.717) is 22.8 Å². The number of hydrogen-bond acceptors (Lipinski definition) is 6. The van der Waals surface area contributed by atoms with Crippen molar-refractivity contribution in [3.05, 3.63) is 84.4 Å². The third-order valence-corrected chi connectivity index (χ3v) is 5.17. The fourth-order valence-electron chi connectivity index (χ4n) is 3.39. The molecule has 0 saturated carbocycles. The molecule has 0 fully saturated rings. The molecule has 4 rings (SSSR count). The lowest BCUT2D eigenvalue weighted by atomic mass is 10.1. The second kappa shape index (κ2) is 10.4. The highest BCUT2D eigenvalue weighted by Crippen LogP contribution is 2.32. The number of carboxylic acid groups (broad SMARTS) is 2. The minimum absolute atomic E-state index is 0.201. The zero-order valence-electron chi connectivity index (χ0n) is 18.4. The predicted molar refractivity (Wildman–Crippen MR) is 127 cm³/mol. The third-order valence-electron chi connectivity index (χ3n) is 5.17. The number of carbonyl (C=O) groups excluding carboxylic acids is 1. The molecule has 1 aromatic heterocycles. The number of para-hydroxylation sites is 2. The van der Waals surface area contributed by atoms with Crippen molar-refractivity contribution < 1.29 is 29.3 Å². The molecule has 0 bridgehead atoms. The minimum Gasteiger partial charge on any atom is -0.481 e. The van der Waals surface area contributed by atoms with Crippen molar-refractivity contribution in [1.82, 2.24) is 15.3 Å². The van der Waals surface area contributed by atoms with Gasteiger partial charge in [0.25, 0.3) is 5.91 Å². The van der Waals surface area contributed by atoms with Gasteiger partial charge in [-0.05, 0) is 42.8 Å². The molecule has 4 aromatic rings. The van der Waals surface area contributed by atoms with Crippen LogP contribution in [0.3, 0.4) is 0 Å². The predicted octanol–water partition coefficient (Wildman–Crippen LogP) is 4.14. The highest BCUT2D eigenvalue weighted by Gasteiger charge is 2.22. The van der Waals surface area contributed by atoms with Gasteiger partial charge in [0.1, 0.15) is 17.5 Å². The van der Waals surface area contributed by atoms with E-state index in [0.717, 1.165) is 11.1 Å². The summed E-state index contributed by atoms with van der Waals surface area (Å²) in [6, 6.07) is 21.7. The summed E-state index contributed by atoms with van der Waals surface area (Å²) < 4.78 is 6.03. The van der Waals surface area contributed by atoms with Crippen molar-refractivity contribution >= 4 is 28.9 Å². The Morgan fingerprint density at radius 1 is 0.829 bits per heavy atom. The van der Waals surface area contributed by atoms with E-state index in [1.807, 2.05) is 54.6 Å². The Morgan fingerprint density at radius 3 is 2.09 bits per heavy atom. The summed E-state index contributed by atoms with van der Waals surface area (Å²) in [5.74, 6) is -2.37. The second-order valence-electron chi connectivity index (χ2n) is 7.66. The van der Waals surface area contributed by atoms with Crippen LogP contribution in [0.5, 0.6) is 11.6 Å². The first-order valence-electron chi connectivity index (χ1n) is 10.8. The molecule has 1 amide bonds. The van der Waals surface area contributed by atoms with E-state index in [-0.39, 0.29) is 18.4 Å². The molecule has 1 atom stereocenters. The first kappa shape index (κ1) is 23.4. The van der Waals surface area contributed by atoms with Crippen molar-refractivity contribution in [3.8, 4) is 22.9 Å². The van der Waals surface area contributed by atoms with Crippen LogP contribution in [0, 0.1) is 0 Å². The van der Waals surface area contributed by atoms with Gasteiger partial charge < -0.3 is 20.3 Å². The summed E-state index contributed by atoms with van der Waals surface area (Å²) in [5, 5.41) is 20.4. The topological polar surface area (TPSA) is 139 Å². The Kier molecular flexibility index (Phi) is 6.96. The largest absolute Gasteiger partial charge is 0.481 e. The van der Waals surface area contributed by atoms with Crippen molar-refractivity contribution in [2.24, 2.45) is 0 Å². The van der Waals surface area contributed by atoms with Gasteiger partial charge in [0.05, 0.1) is 11.0 Å². The van der Waals surface area contributed by atoms with Gasteiger partial charge in [-0.25, -0.2) is 14.8 Å². The van der Waals surface area contributed by atoms with Crippen molar-refractivity contribution in [3.63, 3.8) is 0 Å². The lowest BCUT2D eigenvalue weighted by Crippen LogP contribution is -2.41. The molecule has 9 heteroatoms. The Balaban J connectivity index is 1.55. The van der Waals surface area contributed by atoms with E-state index in [9.17, 15) is 19.5 Å². The first-order valence-corrected chi connectivity index (χ1v) is 10.8. The number of rotatable bonds is 9. The van der Waals surface area contributed by atoms with Crippen LogP contribution in [-0.2, 0) is 9.59 Å². The average Bonchev–Trinajstić information content (AvgIpc) is 2.86. The molecule has 3 aromatic carbocycles. The SMILES string of the molecule is O=C(O)CCC(NC(=O)c1ccc(Oc2nc3ccccc3nc2-c2ccccc2)cc1)C(=O)O. The van der Waals surface area contributed by atoms with Gasteiger partial charge in [0, 0.05) is 17.5 Å². The Morgan fingerprint density at radius 2 is 1.46 bits per heavy atom. The zero-order chi connectivity index (χ0) is 24.8. The van der Waals surface area contributed by atoms with Crippen molar-refractivity contribution in [2.45, 2.75) is 18.9 Å². The lowest BCUT2D eigenvalue weighted by molar-refractivity contribution is -0.140. The first-order chi connectivity index (χ1) is 16.9. The molecular formula is C26H21N3O6. The molecule has 0 aliphatic rings. The second-order valence-corrected chi connectivity index (χ2v) is 7.66. The number of aromatic nitrogens is 2. The summed E-state index contributed by atoms with van der Waals surface area (Å²) in [6.07, 6.45) is -0.596. The number of nitrogens with one attached hydrogen (secondary N) is 1. The normalized spacial score (nSPS) is 11.5. The number of carboxylic acids is 2. The van der Waals surface area contributed by atoms with Crippen LogP contribution in [0.1, 0.15) is 23.2 Å². The Bertz CT molecular complexity index is 1370. The summed E-state index contributed by atoms with van der Waals surface area (Å²) in [7, 11) is 0. The van der Waals surface area contributed by atoms with Gasteiger partial charge in [0.15, 0.2) is 0 Å². The number of fused-ring (bicyclic) bond motifs is 1. The average molecular weight is 471 g/mol. The van der Waals surface area contributed by atoms with Gasteiger partial charge in [0.2, 0.25) is 5.88 Å². The van der Waals surface area contributed by atoms with Crippen LogP contribution in [0.2, 0.25) is 0 Å². The van der Waals surface area contributed by atoms with E-state index >= 15 is 0 Å². The molecule has 0 spiro atoms. The number of ether oxygens (including phenoxy) is 1. The molecule has 0 radical (unpaired) electrons. The van der Waals surface area contributed by atoms with Gasteiger partial charge in [-0.1, -0.05) is 42.5 Å². The summed E-state index contributed by atoms with van der Waals surface area (Å²) in [4.78, 5) is 43.9. The fourth-order valence-corrected chi connectivity index (χ4v) is 3.39. The number of hydrogen-bond donors (Lipinski definition) is 3. The van der Waals surface area contributed by atoms with Crippen LogP contribution in [0.4, 0.5) is 0 Å². The van der Waals surface area contributed by atoms with Gasteiger partial charge in [-0.15, -0.1) is 0 Å². The molecule has 1 unspecified atom stereocenters. The van der Waals surface area contributed by atoms with Gasteiger partial charge >= 0.3 is 11.9 Å². The van der Waals surface area contributed by atoms with Crippen LogP contribution in [0.15, 0.2) is 78.9 Å². The Labute approximate surface area is 200 Å².